The van der Waals surface area contributed by atoms with Crippen LogP contribution in [0.3, 0.4) is 0 Å². The second kappa shape index (κ2) is 7.82. The highest BCUT2D eigenvalue weighted by molar-refractivity contribution is 7.92. The van der Waals surface area contributed by atoms with Crippen molar-refractivity contribution in [2.75, 3.05) is 22.0 Å². The van der Waals surface area contributed by atoms with Crippen LogP contribution in [-0.4, -0.2) is 42.4 Å². The van der Waals surface area contributed by atoms with Crippen molar-refractivity contribution in [1.82, 2.24) is 0 Å². The summed E-state index contributed by atoms with van der Waals surface area (Å²) in [6.45, 7) is 0. The van der Waals surface area contributed by atoms with Crippen LogP contribution in [0.1, 0.15) is 5.56 Å². The maximum Gasteiger partial charge on any atom is 0.346 e. The number of halogens is 1. The molecule has 2 aromatic rings. The van der Waals surface area contributed by atoms with Crippen LogP contribution in [0.5, 0.6) is 0 Å². The summed E-state index contributed by atoms with van der Waals surface area (Å²) in [6.07, 6.45) is 0.337. The molecule has 6 N–H and O–H groups in total. The first-order valence-electron chi connectivity index (χ1n) is 7.80. The van der Waals surface area contributed by atoms with Gasteiger partial charge in [-0.25, -0.2) is 17.6 Å². The Kier molecular flexibility index (Phi) is 5.90. The molecule has 0 aliphatic rings. The van der Waals surface area contributed by atoms with E-state index in [-0.39, 0.29) is 22.6 Å². The minimum atomic E-state index is -3.54. The van der Waals surface area contributed by atoms with E-state index >= 15 is 0 Å². The van der Waals surface area contributed by atoms with Crippen LogP contribution in [0.4, 0.5) is 21.5 Å². The van der Waals surface area contributed by atoms with Crippen LogP contribution in [0.25, 0.3) is 0 Å². The molecule has 0 spiro atoms. The first kappa shape index (κ1) is 21.1. The van der Waals surface area contributed by atoms with Crippen LogP contribution < -0.4 is 15.8 Å². The van der Waals surface area contributed by atoms with Gasteiger partial charge in [-0.05, 0) is 35.9 Å². The van der Waals surface area contributed by atoms with E-state index in [9.17, 15) is 32.6 Å². The number of carbonyl (C=O) groups excluding carboxylic acids is 1. The number of hydrogen-bond acceptors (Lipinski definition) is 6. The first-order chi connectivity index (χ1) is 12.9. The Labute approximate surface area is 160 Å². The lowest BCUT2D eigenvalue weighted by molar-refractivity contribution is -0.163. The molecule has 0 saturated heterocycles. The van der Waals surface area contributed by atoms with Crippen molar-refractivity contribution in [2.45, 2.75) is 12.0 Å². The molecule has 0 saturated carbocycles. The monoisotopic (exact) mass is 411 g/mol. The van der Waals surface area contributed by atoms with Gasteiger partial charge in [0, 0.05) is 6.42 Å². The number of carboxylic acid groups (broad SMARTS) is 1. The molecular weight excluding hydrogens is 393 g/mol. The number of benzene rings is 2. The molecule has 0 aliphatic heterocycles. The topological polar surface area (TPSA) is 159 Å². The highest BCUT2D eigenvalue weighted by atomic mass is 32.2. The van der Waals surface area contributed by atoms with E-state index in [4.69, 9.17) is 5.73 Å². The number of carbonyl (C=O) groups is 2. The van der Waals surface area contributed by atoms with Gasteiger partial charge in [0.25, 0.3) is 5.91 Å². The van der Waals surface area contributed by atoms with Gasteiger partial charge in [0.05, 0.1) is 23.3 Å². The summed E-state index contributed by atoms with van der Waals surface area (Å²) >= 11 is 0. The summed E-state index contributed by atoms with van der Waals surface area (Å²) in [5, 5.41) is 22.0. The second-order valence-corrected chi connectivity index (χ2v) is 7.85. The van der Waals surface area contributed by atoms with Crippen LogP contribution in [0.15, 0.2) is 42.5 Å². The lowest BCUT2D eigenvalue weighted by Crippen LogP contribution is -2.51. The normalized spacial score (nSPS) is 13.4. The predicted molar refractivity (Wildman–Crippen MR) is 101 cm³/mol. The summed E-state index contributed by atoms with van der Waals surface area (Å²) in [4.78, 5) is 24.0. The van der Waals surface area contributed by atoms with Gasteiger partial charge in [-0.1, -0.05) is 12.1 Å². The summed E-state index contributed by atoms with van der Waals surface area (Å²) < 4.78 is 37.6. The molecule has 1 atom stereocenters. The molecule has 11 heteroatoms. The Morgan fingerprint density at radius 2 is 1.79 bits per heavy atom. The van der Waals surface area contributed by atoms with Crippen LogP contribution in [0.2, 0.25) is 0 Å². The van der Waals surface area contributed by atoms with Crippen molar-refractivity contribution < 1.29 is 32.6 Å². The van der Waals surface area contributed by atoms with E-state index in [1.54, 1.807) is 0 Å². The molecule has 150 valence electrons. The van der Waals surface area contributed by atoms with E-state index in [0.29, 0.717) is 0 Å². The van der Waals surface area contributed by atoms with Crippen molar-refractivity contribution >= 4 is 39.0 Å². The average Bonchev–Trinajstić information content (AvgIpc) is 2.57. The maximum absolute atomic E-state index is 13.0. The Morgan fingerprint density at radius 3 is 2.29 bits per heavy atom. The van der Waals surface area contributed by atoms with Crippen molar-refractivity contribution in [3.63, 3.8) is 0 Å². The van der Waals surface area contributed by atoms with Crippen molar-refractivity contribution in [3.8, 4) is 0 Å². The summed E-state index contributed by atoms with van der Waals surface area (Å²) in [5.41, 5.74) is 3.19. The quantitative estimate of drug-likeness (QED) is 0.332. The first-order valence-corrected chi connectivity index (χ1v) is 9.69. The number of hydrogen-bond donors (Lipinski definition) is 5. The molecule has 2 rings (SSSR count). The minimum absolute atomic E-state index is 0.0252. The zero-order valence-corrected chi connectivity index (χ0v) is 15.5. The second-order valence-electron chi connectivity index (χ2n) is 6.10. The van der Waals surface area contributed by atoms with E-state index < -0.39 is 39.7 Å². The van der Waals surface area contributed by atoms with E-state index in [2.05, 4.69) is 10.0 Å². The summed E-state index contributed by atoms with van der Waals surface area (Å²) in [7, 11) is -3.54. The molecule has 0 heterocycles. The molecule has 0 aromatic heterocycles. The number of anilines is 3. The SMILES string of the molecule is CS(=O)(=O)Nc1ccc(NC(=O)C(O)(Cc2ccc(F)cc2)C(=O)O)c(N)c1. The molecule has 0 bridgehead atoms. The number of rotatable bonds is 7. The fraction of sp³-hybridized carbons (Fsp3) is 0.176. The highest BCUT2D eigenvalue weighted by Gasteiger charge is 2.44. The zero-order chi connectivity index (χ0) is 21.1. The maximum atomic E-state index is 13.0. The van der Waals surface area contributed by atoms with Crippen molar-refractivity contribution in [1.29, 1.82) is 0 Å². The number of amides is 1. The van der Waals surface area contributed by atoms with Gasteiger partial charge >= 0.3 is 5.97 Å². The Bertz CT molecular complexity index is 1010. The molecule has 1 unspecified atom stereocenters. The number of aliphatic carboxylic acids is 1. The minimum Gasteiger partial charge on any atom is -0.479 e. The molecule has 0 fully saturated rings. The largest absolute Gasteiger partial charge is 0.479 e. The standard InChI is InChI=1S/C17H18FN3O6S/c1-28(26,27)21-12-6-7-14(13(19)8-12)20-15(22)17(25,16(23)24)9-10-2-4-11(18)5-3-10/h2-8,21,25H,9,19H2,1H3,(H,20,22)(H,23,24). The third-order valence-corrected chi connectivity index (χ3v) is 4.31. The lowest BCUT2D eigenvalue weighted by Gasteiger charge is -2.23. The molecule has 0 aliphatic carbocycles. The smallest absolute Gasteiger partial charge is 0.346 e. The van der Waals surface area contributed by atoms with Gasteiger partial charge in [0.2, 0.25) is 15.6 Å². The van der Waals surface area contributed by atoms with Gasteiger partial charge in [0.1, 0.15) is 5.82 Å². The number of sulfonamides is 1. The third kappa shape index (κ3) is 5.18. The fourth-order valence-corrected chi connectivity index (χ4v) is 2.89. The molecular formula is C17H18FN3O6S. The van der Waals surface area contributed by atoms with Gasteiger partial charge < -0.3 is 21.3 Å². The highest BCUT2D eigenvalue weighted by Crippen LogP contribution is 2.25. The molecule has 28 heavy (non-hydrogen) atoms. The van der Waals surface area contributed by atoms with Crippen LogP contribution in [0, 0.1) is 5.82 Å². The summed E-state index contributed by atoms with van der Waals surface area (Å²) in [6, 6.07) is 8.40. The van der Waals surface area contributed by atoms with Crippen LogP contribution >= 0.6 is 0 Å². The molecule has 1 amide bonds. The van der Waals surface area contributed by atoms with E-state index in [1.807, 2.05) is 0 Å². The van der Waals surface area contributed by atoms with E-state index in [0.717, 1.165) is 18.4 Å². The Hall–Kier alpha value is -3.18. The molecule has 2 aromatic carbocycles. The number of nitrogen functional groups attached to an aromatic ring is 1. The fourth-order valence-electron chi connectivity index (χ4n) is 2.33. The zero-order valence-electron chi connectivity index (χ0n) is 14.6. The number of nitrogens with two attached hydrogens (primary N) is 1. The predicted octanol–water partition coefficient (Wildman–Crippen LogP) is 0.776. The number of nitrogens with one attached hydrogen (secondary N) is 2. The average molecular weight is 411 g/mol. The van der Waals surface area contributed by atoms with Crippen LogP contribution in [-0.2, 0) is 26.0 Å². The molecule has 9 nitrogen and oxygen atoms in total. The van der Waals surface area contributed by atoms with Gasteiger partial charge in [-0.2, -0.15) is 0 Å². The van der Waals surface area contributed by atoms with E-state index in [1.165, 1.54) is 30.3 Å². The Balaban J connectivity index is 2.24. The van der Waals surface area contributed by atoms with Gasteiger partial charge in [0.15, 0.2) is 0 Å². The van der Waals surface area contributed by atoms with Gasteiger partial charge in [-0.15, -0.1) is 0 Å². The number of aliphatic hydroxyl groups is 1. The molecule has 0 radical (unpaired) electrons. The Morgan fingerprint density at radius 1 is 1.18 bits per heavy atom. The number of carboxylic acids is 1. The lowest BCUT2D eigenvalue weighted by atomic mass is 9.93. The van der Waals surface area contributed by atoms with Crippen molar-refractivity contribution in [3.05, 3.63) is 53.8 Å². The van der Waals surface area contributed by atoms with Crippen molar-refractivity contribution in [2.24, 2.45) is 0 Å². The summed E-state index contributed by atoms with van der Waals surface area (Å²) in [5.74, 6) is -3.62. The van der Waals surface area contributed by atoms with Gasteiger partial charge in [-0.3, -0.25) is 9.52 Å². The third-order valence-electron chi connectivity index (χ3n) is 3.71.